The number of nitrogens with zero attached hydrogens (tertiary/aromatic N) is 1. The predicted molar refractivity (Wildman–Crippen MR) is 95.3 cm³/mol. The largest absolute Gasteiger partial charge is 0.324 e. The van der Waals surface area contributed by atoms with Crippen LogP contribution >= 0.6 is 11.5 Å². The summed E-state index contributed by atoms with van der Waals surface area (Å²) in [5, 5.41) is 3.57. The molecule has 0 aliphatic rings. The molecule has 3 aromatic rings. The second kappa shape index (κ2) is 6.01. The Hall–Kier alpha value is -2.40. The fourth-order valence-electron chi connectivity index (χ4n) is 2.54. The molecule has 0 spiro atoms. The Labute approximate surface area is 138 Å². The van der Waals surface area contributed by atoms with Crippen LogP contribution in [0.2, 0.25) is 0 Å². The summed E-state index contributed by atoms with van der Waals surface area (Å²) in [5.74, 6) is -0.189. The number of amides is 1. The predicted octanol–water partition coefficient (Wildman–Crippen LogP) is 3.88. The van der Waals surface area contributed by atoms with Crippen molar-refractivity contribution in [1.82, 2.24) is 3.96 Å². The first-order chi connectivity index (χ1) is 11.0. The van der Waals surface area contributed by atoms with Crippen molar-refractivity contribution in [3.8, 4) is 0 Å². The second-order valence-corrected chi connectivity index (χ2v) is 6.72. The first-order valence-corrected chi connectivity index (χ1v) is 8.23. The van der Waals surface area contributed by atoms with Crippen molar-refractivity contribution in [1.29, 1.82) is 0 Å². The average molecular weight is 326 g/mol. The van der Waals surface area contributed by atoms with Crippen LogP contribution in [0.5, 0.6) is 0 Å². The van der Waals surface area contributed by atoms with Gasteiger partial charge in [0.05, 0.1) is 10.1 Å². The number of aryl methyl sites for hydroxylation is 2. The molecule has 1 atom stereocenters. The molecule has 0 saturated carbocycles. The van der Waals surface area contributed by atoms with Crippen LogP contribution in [0, 0.1) is 13.8 Å². The van der Waals surface area contributed by atoms with Gasteiger partial charge >= 0.3 is 0 Å². The molecule has 118 valence electrons. The van der Waals surface area contributed by atoms with Crippen LogP contribution in [0.25, 0.3) is 10.1 Å². The van der Waals surface area contributed by atoms with Crippen molar-refractivity contribution in [3.63, 3.8) is 0 Å². The topological polar surface area (TPSA) is 51.1 Å². The number of hydrogen-bond acceptors (Lipinski definition) is 3. The van der Waals surface area contributed by atoms with Gasteiger partial charge in [0.25, 0.3) is 5.56 Å². The van der Waals surface area contributed by atoms with Gasteiger partial charge in [0.2, 0.25) is 5.91 Å². The van der Waals surface area contributed by atoms with E-state index in [4.69, 9.17) is 0 Å². The molecule has 4 nitrogen and oxygen atoms in total. The number of rotatable bonds is 3. The summed E-state index contributed by atoms with van der Waals surface area (Å²) >= 11 is 1.32. The second-order valence-electron chi connectivity index (χ2n) is 5.70. The van der Waals surface area contributed by atoms with Crippen LogP contribution in [0.3, 0.4) is 0 Å². The fourth-order valence-corrected chi connectivity index (χ4v) is 3.58. The maximum atomic E-state index is 12.5. The van der Waals surface area contributed by atoms with Crippen LogP contribution < -0.4 is 10.9 Å². The highest BCUT2D eigenvalue weighted by Crippen LogP contribution is 2.22. The van der Waals surface area contributed by atoms with E-state index < -0.39 is 6.04 Å². The third-order valence-corrected chi connectivity index (χ3v) is 5.12. The Balaban J connectivity index is 1.89. The molecule has 1 heterocycles. The van der Waals surface area contributed by atoms with Gasteiger partial charge in [0.1, 0.15) is 6.04 Å². The highest BCUT2D eigenvalue weighted by molar-refractivity contribution is 7.14. The Morgan fingerprint density at radius 2 is 1.91 bits per heavy atom. The standard InChI is InChI=1S/C18H18N2O2S/c1-11-8-9-15(12(2)10-11)19-17(21)13(3)20-18(22)14-6-4-5-7-16(14)23-20/h4-10,13H,1-3H3,(H,19,21). The normalized spacial score (nSPS) is 12.3. The van der Waals surface area contributed by atoms with E-state index in [0.717, 1.165) is 21.5 Å². The summed E-state index contributed by atoms with van der Waals surface area (Å²) in [6.07, 6.45) is 0. The number of nitrogens with one attached hydrogen (secondary N) is 1. The van der Waals surface area contributed by atoms with Crippen molar-refractivity contribution in [2.75, 3.05) is 5.32 Å². The molecule has 2 aromatic carbocycles. The SMILES string of the molecule is Cc1ccc(NC(=O)C(C)n2sc3ccccc3c2=O)c(C)c1. The molecule has 1 unspecified atom stereocenters. The third kappa shape index (κ3) is 2.92. The van der Waals surface area contributed by atoms with Crippen LogP contribution in [-0.2, 0) is 4.79 Å². The number of hydrogen-bond donors (Lipinski definition) is 1. The Kier molecular flexibility index (Phi) is 4.05. The van der Waals surface area contributed by atoms with Gasteiger partial charge < -0.3 is 5.32 Å². The zero-order valence-electron chi connectivity index (χ0n) is 13.3. The van der Waals surface area contributed by atoms with E-state index >= 15 is 0 Å². The molecule has 1 N–H and O–H groups in total. The Bertz CT molecular complexity index is 940. The lowest BCUT2D eigenvalue weighted by molar-refractivity contribution is -0.118. The lowest BCUT2D eigenvalue weighted by Gasteiger charge is -2.14. The van der Waals surface area contributed by atoms with Crippen LogP contribution in [0.1, 0.15) is 24.1 Å². The fraction of sp³-hybridized carbons (Fsp3) is 0.222. The lowest BCUT2D eigenvalue weighted by atomic mass is 10.1. The lowest BCUT2D eigenvalue weighted by Crippen LogP contribution is -2.28. The molecular formula is C18H18N2O2S. The monoisotopic (exact) mass is 326 g/mol. The van der Waals surface area contributed by atoms with Crippen molar-refractivity contribution in [3.05, 3.63) is 63.9 Å². The first-order valence-electron chi connectivity index (χ1n) is 7.46. The van der Waals surface area contributed by atoms with Gasteiger partial charge in [0, 0.05) is 5.69 Å². The van der Waals surface area contributed by atoms with E-state index in [0.29, 0.717) is 5.39 Å². The average Bonchev–Trinajstić information content (AvgIpc) is 2.87. The summed E-state index contributed by atoms with van der Waals surface area (Å²) < 4.78 is 2.42. The summed E-state index contributed by atoms with van der Waals surface area (Å²) in [7, 11) is 0. The van der Waals surface area contributed by atoms with E-state index in [1.54, 1.807) is 13.0 Å². The number of anilines is 1. The molecule has 1 amide bonds. The van der Waals surface area contributed by atoms with Crippen LogP contribution in [-0.4, -0.2) is 9.86 Å². The number of carbonyl (C=O) groups excluding carboxylic acids is 1. The third-order valence-electron chi connectivity index (χ3n) is 3.89. The smallest absolute Gasteiger partial charge is 0.269 e. The molecule has 3 rings (SSSR count). The van der Waals surface area contributed by atoms with E-state index in [1.165, 1.54) is 15.5 Å². The minimum absolute atomic E-state index is 0.117. The van der Waals surface area contributed by atoms with E-state index in [2.05, 4.69) is 5.32 Å². The molecule has 0 aliphatic carbocycles. The summed E-state index contributed by atoms with van der Waals surface area (Å²) in [4.78, 5) is 24.9. The summed E-state index contributed by atoms with van der Waals surface area (Å²) in [6, 6.07) is 12.7. The van der Waals surface area contributed by atoms with Gasteiger partial charge in [-0.15, -0.1) is 0 Å². The molecular weight excluding hydrogens is 308 g/mol. The quantitative estimate of drug-likeness (QED) is 0.794. The van der Waals surface area contributed by atoms with Crippen molar-refractivity contribution >= 4 is 33.2 Å². The molecule has 0 saturated heterocycles. The van der Waals surface area contributed by atoms with Crippen molar-refractivity contribution in [2.24, 2.45) is 0 Å². The summed E-state index contributed by atoms with van der Waals surface area (Å²) in [6.45, 7) is 5.71. The van der Waals surface area contributed by atoms with Crippen molar-refractivity contribution in [2.45, 2.75) is 26.8 Å². The van der Waals surface area contributed by atoms with Crippen molar-refractivity contribution < 1.29 is 4.79 Å². The maximum Gasteiger partial charge on any atom is 0.269 e. The molecule has 1 aromatic heterocycles. The van der Waals surface area contributed by atoms with E-state index in [1.807, 2.05) is 50.2 Å². The zero-order valence-corrected chi connectivity index (χ0v) is 14.1. The molecule has 5 heteroatoms. The maximum absolute atomic E-state index is 12.5. The van der Waals surface area contributed by atoms with E-state index in [9.17, 15) is 9.59 Å². The minimum atomic E-state index is -0.555. The number of benzene rings is 2. The minimum Gasteiger partial charge on any atom is -0.324 e. The number of aromatic nitrogens is 1. The molecule has 0 bridgehead atoms. The Morgan fingerprint density at radius 3 is 2.61 bits per heavy atom. The number of carbonyl (C=O) groups is 1. The van der Waals surface area contributed by atoms with Crippen LogP contribution in [0.4, 0.5) is 5.69 Å². The molecule has 0 fully saturated rings. The highest BCUT2D eigenvalue weighted by atomic mass is 32.1. The van der Waals surface area contributed by atoms with Gasteiger partial charge in [-0.3, -0.25) is 13.5 Å². The molecule has 23 heavy (non-hydrogen) atoms. The van der Waals surface area contributed by atoms with Gasteiger partial charge in [-0.05, 0) is 44.5 Å². The van der Waals surface area contributed by atoms with E-state index in [-0.39, 0.29) is 11.5 Å². The molecule has 0 aliphatic heterocycles. The summed E-state index contributed by atoms with van der Waals surface area (Å²) in [5.41, 5.74) is 2.82. The molecule has 0 radical (unpaired) electrons. The van der Waals surface area contributed by atoms with Gasteiger partial charge in [-0.1, -0.05) is 41.4 Å². The highest BCUT2D eigenvalue weighted by Gasteiger charge is 2.20. The van der Waals surface area contributed by atoms with Crippen LogP contribution in [0.15, 0.2) is 47.3 Å². The van der Waals surface area contributed by atoms with Gasteiger partial charge in [-0.25, -0.2) is 0 Å². The zero-order chi connectivity index (χ0) is 16.6. The van der Waals surface area contributed by atoms with Gasteiger partial charge in [0.15, 0.2) is 0 Å². The Morgan fingerprint density at radius 1 is 1.17 bits per heavy atom. The number of fused-ring (bicyclic) bond motifs is 1. The van der Waals surface area contributed by atoms with Gasteiger partial charge in [-0.2, -0.15) is 0 Å². The first kappa shape index (κ1) is 15.5.